The Morgan fingerprint density at radius 3 is 2.38 bits per heavy atom. The first-order chi connectivity index (χ1) is 10.1. The predicted molar refractivity (Wildman–Crippen MR) is 86.2 cm³/mol. The van der Waals surface area contributed by atoms with Crippen LogP contribution in [-0.4, -0.2) is 12.5 Å². The summed E-state index contributed by atoms with van der Waals surface area (Å²) in [6.07, 6.45) is 0. The molecule has 0 aliphatic rings. The van der Waals surface area contributed by atoms with Gasteiger partial charge in [-0.2, -0.15) is 0 Å². The number of carbonyl (C=O) groups is 1. The molecule has 21 heavy (non-hydrogen) atoms. The monoisotopic (exact) mass is 302 g/mol. The number of rotatable bonds is 5. The minimum absolute atomic E-state index is 0.0869. The average molecular weight is 303 g/mol. The van der Waals surface area contributed by atoms with E-state index in [1.165, 1.54) is 0 Å². The lowest BCUT2D eigenvalue weighted by Crippen LogP contribution is -2.35. The van der Waals surface area contributed by atoms with Gasteiger partial charge in [0, 0.05) is 11.6 Å². The number of benzene rings is 2. The Hall–Kier alpha value is -1.84. The average Bonchev–Trinajstić information content (AvgIpc) is 2.49. The molecule has 0 radical (unpaired) electrons. The minimum atomic E-state index is -0.351. The van der Waals surface area contributed by atoms with Crippen molar-refractivity contribution < 1.29 is 4.79 Å². The maximum Gasteiger partial charge on any atom is 0.229 e. The second-order valence-electron chi connectivity index (χ2n) is 4.95. The van der Waals surface area contributed by atoms with E-state index in [-0.39, 0.29) is 24.4 Å². The van der Waals surface area contributed by atoms with Gasteiger partial charge in [0.2, 0.25) is 5.91 Å². The summed E-state index contributed by atoms with van der Waals surface area (Å²) in [5.41, 5.74) is 7.58. The third-order valence-corrected chi connectivity index (χ3v) is 3.83. The fourth-order valence-corrected chi connectivity index (χ4v) is 2.60. The topological polar surface area (TPSA) is 55.1 Å². The molecule has 3 nitrogen and oxygen atoms in total. The highest BCUT2D eigenvalue weighted by atomic mass is 35.5. The third kappa shape index (κ3) is 3.84. The van der Waals surface area contributed by atoms with Crippen LogP contribution >= 0.6 is 11.6 Å². The van der Waals surface area contributed by atoms with E-state index in [9.17, 15) is 4.79 Å². The maximum atomic E-state index is 12.4. The summed E-state index contributed by atoms with van der Waals surface area (Å²) < 4.78 is 0. The van der Waals surface area contributed by atoms with Crippen LogP contribution in [0.1, 0.15) is 30.0 Å². The first-order valence-electron chi connectivity index (χ1n) is 6.93. The minimum Gasteiger partial charge on any atom is -0.349 e. The quantitative estimate of drug-likeness (QED) is 0.890. The van der Waals surface area contributed by atoms with Crippen LogP contribution in [0, 0.1) is 0 Å². The van der Waals surface area contributed by atoms with Gasteiger partial charge in [-0.1, -0.05) is 60.1 Å². The van der Waals surface area contributed by atoms with Crippen molar-refractivity contribution >= 4 is 17.5 Å². The fourth-order valence-electron chi connectivity index (χ4n) is 2.30. The van der Waals surface area contributed by atoms with Crippen LogP contribution in [0.2, 0.25) is 5.02 Å². The molecule has 0 heterocycles. The molecule has 0 spiro atoms. The van der Waals surface area contributed by atoms with Crippen molar-refractivity contribution in [2.45, 2.75) is 18.9 Å². The summed E-state index contributed by atoms with van der Waals surface area (Å²) in [7, 11) is 0. The molecule has 4 heteroatoms. The number of amides is 1. The van der Waals surface area contributed by atoms with Gasteiger partial charge in [0.1, 0.15) is 0 Å². The Balaban J connectivity index is 2.11. The number of carbonyl (C=O) groups excluding carboxylic acids is 1. The van der Waals surface area contributed by atoms with Crippen molar-refractivity contribution in [3.63, 3.8) is 0 Å². The Morgan fingerprint density at radius 2 is 1.76 bits per heavy atom. The van der Waals surface area contributed by atoms with E-state index in [0.29, 0.717) is 5.02 Å². The molecule has 1 unspecified atom stereocenters. The molecule has 3 N–H and O–H groups in total. The van der Waals surface area contributed by atoms with Crippen LogP contribution in [-0.2, 0) is 4.79 Å². The zero-order valence-electron chi connectivity index (χ0n) is 11.9. The molecule has 0 aliphatic heterocycles. The smallest absolute Gasteiger partial charge is 0.229 e. The van der Waals surface area contributed by atoms with E-state index in [1.807, 2.05) is 61.5 Å². The molecule has 0 saturated heterocycles. The lowest BCUT2D eigenvalue weighted by atomic mass is 9.97. The number of hydrogen-bond acceptors (Lipinski definition) is 2. The molecule has 0 aliphatic carbocycles. The van der Waals surface area contributed by atoms with Crippen molar-refractivity contribution in [2.75, 3.05) is 6.54 Å². The second kappa shape index (κ2) is 7.25. The van der Waals surface area contributed by atoms with Crippen LogP contribution in [0.5, 0.6) is 0 Å². The highest BCUT2D eigenvalue weighted by Crippen LogP contribution is 2.23. The summed E-state index contributed by atoms with van der Waals surface area (Å²) in [4.78, 5) is 12.4. The predicted octanol–water partition coefficient (Wildman–Crippen LogP) is 3.26. The van der Waals surface area contributed by atoms with E-state index in [4.69, 9.17) is 17.3 Å². The van der Waals surface area contributed by atoms with Gasteiger partial charge in [0.05, 0.1) is 12.0 Å². The summed E-state index contributed by atoms with van der Waals surface area (Å²) in [5, 5.41) is 3.63. The molecule has 2 atom stereocenters. The number of halogens is 1. The zero-order chi connectivity index (χ0) is 15.2. The molecule has 110 valence electrons. The molecular formula is C17H19ClN2O. The maximum absolute atomic E-state index is 12.4. The third-order valence-electron chi connectivity index (χ3n) is 3.48. The molecule has 0 fully saturated rings. The molecule has 0 aromatic heterocycles. The lowest BCUT2D eigenvalue weighted by Gasteiger charge is -2.20. The van der Waals surface area contributed by atoms with Crippen LogP contribution in [0.3, 0.4) is 0 Å². The van der Waals surface area contributed by atoms with Crippen LogP contribution < -0.4 is 11.1 Å². The summed E-state index contributed by atoms with van der Waals surface area (Å²) in [6.45, 7) is 2.18. The molecule has 1 amide bonds. The SMILES string of the molecule is C[C@@H](NC(=O)C(CN)c1ccccc1)c1ccccc1Cl. The first kappa shape index (κ1) is 15.5. The molecule has 2 rings (SSSR count). The molecular weight excluding hydrogens is 284 g/mol. The zero-order valence-corrected chi connectivity index (χ0v) is 12.7. The van der Waals surface area contributed by atoms with Crippen LogP contribution in [0.25, 0.3) is 0 Å². The van der Waals surface area contributed by atoms with E-state index < -0.39 is 0 Å². The van der Waals surface area contributed by atoms with Crippen molar-refractivity contribution in [3.8, 4) is 0 Å². The van der Waals surface area contributed by atoms with Gasteiger partial charge in [-0.25, -0.2) is 0 Å². The van der Waals surface area contributed by atoms with Gasteiger partial charge in [0.15, 0.2) is 0 Å². The van der Waals surface area contributed by atoms with E-state index in [1.54, 1.807) is 0 Å². The van der Waals surface area contributed by atoms with Gasteiger partial charge in [0.25, 0.3) is 0 Å². The summed E-state index contributed by atoms with van der Waals surface area (Å²) >= 11 is 6.16. The van der Waals surface area contributed by atoms with Crippen LogP contribution in [0.4, 0.5) is 0 Å². The Labute approximate surface area is 130 Å². The number of nitrogens with two attached hydrogens (primary N) is 1. The number of nitrogens with one attached hydrogen (secondary N) is 1. The highest BCUT2D eigenvalue weighted by Gasteiger charge is 2.21. The fraction of sp³-hybridized carbons (Fsp3) is 0.235. The van der Waals surface area contributed by atoms with Gasteiger partial charge < -0.3 is 11.1 Å². The van der Waals surface area contributed by atoms with Crippen molar-refractivity contribution in [3.05, 3.63) is 70.7 Å². The van der Waals surface area contributed by atoms with Crippen molar-refractivity contribution in [2.24, 2.45) is 5.73 Å². The van der Waals surface area contributed by atoms with Crippen molar-refractivity contribution in [1.82, 2.24) is 5.32 Å². The van der Waals surface area contributed by atoms with Gasteiger partial charge >= 0.3 is 0 Å². The largest absolute Gasteiger partial charge is 0.349 e. The Kier molecular flexibility index (Phi) is 5.37. The van der Waals surface area contributed by atoms with E-state index in [2.05, 4.69) is 5.32 Å². The van der Waals surface area contributed by atoms with E-state index in [0.717, 1.165) is 11.1 Å². The first-order valence-corrected chi connectivity index (χ1v) is 7.31. The number of hydrogen-bond donors (Lipinski definition) is 2. The Bertz CT molecular complexity index is 601. The molecule has 0 saturated carbocycles. The Morgan fingerprint density at radius 1 is 1.14 bits per heavy atom. The van der Waals surface area contributed by atoms with Crippen LogP contribution in [0.15, 0.2) is 54.6 Å². The highest BCUT2D eigenvalue weighted by molar-refractivity contribution is 6.31. The second-order valence-corrected chi connectivity index (χ2v) is 5.36. The normalized spacial score (nSPS) is 13.5. The lowest BCUT2D eigenvalue weighted by molar-refractivity contribution is -0.123. The standard InChI is InChI=1S/C17H19ClN2O/c1-12(14-9-5-6-10-16(14)18)20-17(21)15(11-19)13-7-3-2-4-8-13/h2-10,12,15H,11,19H2,1H3,(H,20,21)/t12-,15?/m1/s1. The summed E-state index contributed by atoms with van der Waals surface area (Å²) in [6, 6.07) is 16.9. The molecule has 0 bridgehead atoms. The van der Waals surface area contributed by atoms with E-state index >= 15 is 0 Å². The summed E-state index contributed by atoms with van der Waals surface area (Å²) in [5.74, 6) is -0.438. The molecule has 2 aromatic rings. The van der Waals surface area contributed by atoms with Gasteiger partial charge in [-0.05, 0) is 24.1 Å². The van der Waals surface area contributed by atoms with Gasteiger partial charge in [-0.3, -0.25) is 4.79 Å². The molecule has 2 aromatic carbocycles. The van der Waals surface area contributed by atoms with Gasteiger partial charge in [-0.15, -0.1) is 0 Å². The van der Waals surface area contributed by atoms with Crippen molar-refractivity contribution in [1.29, 1.82) is 0 Å².